The molecular weight excluding hydrogens is 232 g/mol. The molecule has 0 radical (unpaired) electrons. The SMILES string of the molecule is COC1(CC2CO2)O[C@H](CO)[C@@H](O)[C@H](O)[C@H]1O. The Balaban J connectivity index is 2.17. The molecule has 0 bridgehead atoms. The molecule has 2 aliphatic rings. The maximum atomic E-state index is 9.95. The molecule has 2 heterocycles. The number of epoxide rings is 1. The average molecular weight is 250 g/mol. The summed E-state index contributed by atoms with van der Waals surface area (Å²) in [6.07, 6.45) is -5.02. The van der Waals surface area contributed by atoms with Crippen molar-refractivity contribution in [2.45, 2.75) is 42.7 Å². The number of rotatable bonds is 4. The van der Waals surface area contributed by atoms with Gasteiger partial charge in [0.25, 0.3) is 0 Å². The Morgan fingerprint density at radius 1 is 1.29 bits per heavy atom. The molecule has 2 saturated heterocycles. The molecule has 4 N–H and O–H groups in total. The Morgan fingerprint density at radius 3 is 2.41 bits per heavy atom. The number of ether oxygens (including phenoxy) is 3. The molecule has 2 unspecified atom stereocenters. The zero-order valence-corrected chi connectivity index (χ0v) is 9.52. The van der Waals surface area contributed by atoms with Crippen LogP contribution < -0.4 is 0 Å². The van der Waals surface area contributed by atoms with Gasteiger partial charge in [0.1, 0.15) is 24.4 Å². The van der Waals surface area contributed by atoms with Crippen LogP contribution in [0, 0.1) is 0 Å². The van der Waals surface area contributed by atoms with Crippen molar-refractivity contribution in [1.29, 1.82) is 0 Å². The molecule has 0 aliphatic carbocycles. The van der Waals surface area contributed by atoms with E-state index in [4.69, 9.17) is 19.3 Å². The molecule has 6 atom stereocenters. The highest BCUT2D eigenvalue weighted by molar-refractivity contribution is 4.99. The van der Waals surface area contributed by atoms with Crippen molar-refractivity contribution in [3.8, 4) is 0 Å². The van der Waals surface area contributed by atoms with E-state index in [0.29, 0.717) is 6.61 Å². The molecule has 2 rings (SSSR count). The largest absolute Gasteiger partial charge is 0.394 e. The maximum Gasteiger partial charge on any atom is 0.199 e. The predicted octanol–water partition coefficient (Wildman–Crippen LogP) is -2.41. The summed E-state index contributed by atoms with van der Waals surface area (Å²) in [5, 5.41) is 38.4. The second-order valence-corrected chi connectivity index (χ2v) is 4.44. The minimum absolute atomic E-state index is 0.0913. The second-order valence-electron chi connectivity index (χ2n) is 4.44. The van der Waals surface area contributed by atoms with Crippen molar-refractivity contribution < 1.29 is 34.6 Å². The molecule has 7 heteroatoms. The Morgan fingerprint density at radius 2 is 1.94 bits per heavy atom. The van der Waals surface area contributed by atoms with Crippen LogP contribution in [0.4, 0.5) is 0 Å². The number of aliphatic hydroxyl groups excluding tert-OH is 4. The first-order valence-corrected chi connectivity index (χ1v) is 5.53. The van der Waals surface area contributed by atoms with E-state index in [1.54, 1.807) is 0 Å². The summed E-state index contributed by atoms with van der Waals surface area (Å²) < 4.78 is 15.6. The van der Waals surface area contributed by atoms with Crippen molar-refractivity contribution in [1.82, 2.24) is 0 Å². The van der Waals surface area contributed by atoms with Crippen LogP contribution >= 0.6 is 0 Å². The molecule has 7 nitrogen and oxygen atoms in total. The third-order valence-corrected chi connectivity index (χ3v) is 3.30. The fraction of sp³-hybridized carbons (Fsp3) is 1.00. The molecule has 0 aromatic heterocycles. The molecule has 0 aromatic carbocycles. The highest BCUT2D eigenvalue weighted by Gasteiger charge is 2.55. The quantitative estimate of drug-likeness (QED) is 0.411. The highest BCUT2D eigenvalue weighted by Crippen LogP contribution is 2.37. The van der Waals surface area contributed by atoms with Crippen molar-refractivity contribution in [2.75, 3.05) is 20.3 Å². The molecular formula is C10H18O7. The zero-order valence-electron chi connectivity index (χ0n) is 9.52. The lowest BCUT2D eigenvalue weighted by Crippen LogP contribution is -2.66. The second kappa shape index (κ2) is 4.77. The molecule has 0 spiro atoms. The Hall–Kier alpha value is -0.280. The minimum atomic E-state index is -1.45. The molecule has 0 saturated carbocycles. The van der Waals surface area contributed by atoms with Gasteiger partial charge in [0, 0.05) is 13.5 Å². The third-order valence-electron chi connectivity index (χ3n) is 3.30. The lowest BCUT2D eigenvalue weighted by molar-refractivity contribution is -0.360. The smallest absolute Gasteiger partial charge is 0.199 e. The molecule has 0 amide bonds. The minimum Gasteiger partial charge on any atom is -0.394 e. The van der Waals surface area contributed by atoms with Gasteiger partial charge in [0.05, 0.1) is 19.3 Å². The predicted molar refractivity (Wildman–Crippen MR) is 54.1 cm³/mol. The number of methoxy groups -OCH3 is 1. The topological polar surface area (TPSA) is 112 Å². The van der Waals surface area contributed by atoms with E-state index in [9.17, 15) is 15.3 Å². The third kappa shape index (κ3) is 2.32. The Kier molecular flexibility index (Phi) is 3.69. The summed E-state index contributed by atoms with van der Waals surface area (Å²) in [7, 11) is 1.34. The summed E-state index contributed by atoms with van der Waals surface area (Å²) in [5.74, 6) is -1.45. The van der Waals surface area contributed by atoms with Crippen LogP contribution in [0.25, 0.3) is 0 Å². The van der Waals surface area contributed by atoms with E-state index < -0.39 is 36.8 Å². The summed E-state index contributed by atoms with van der Waals surface area (Å²) in [4.78, 5) is 0. The van der Waals surface area contributed by atoms with Crippen LogP contribution in [0.15, 0.2) is 0 Å². The van der Waals surface area contributed by atoms with Gasteiger partial charge < -0.3 is 34.6 Å². The fourth-order valence-electron chi connectivity index (χ4n) is 2.13. The first kappa shape index (κ1) is 13.2. The number of aliphatic hydroxyl groups is 4. The summed E-state index contributed by atoms with van der Waals surface area (Å²) in [5.41, 5.74) is 0. The monoisotopic (exact) mass is 250 g/mol. The lowest BCUT2D eigenvalue weighted by atomic mass is 9.90. The molecule has 2 fully saturated rings. The molecule has 2 aliphatic heterocycles. The summed E-state index contributed by atoms with van der Waals surface area (Å²) in [6.45, 7) is 0.0746. The molecule has 100 valence electrons. The van der Waals surface area contributed by atoms with Crippen LogP contribution in [0.1, 0.15) is 6.42 Å². The Bertz CT molecular complexity index is 267. The normalized spacial score (nSPS) is 50.3. The summed E-state index contributed by atoms with van der Waals surface area (Å²) in [6, 6.07) is 0. The number of hydrogen-bond acceptors (Lipinski definition) is 7. The van der Waals surface area contributed by atoms with Crippen LogP contribution in [-0.2, 0) is 14.2 Å². The zero-order chi connectivity index (χ0) is 12.6. The maximum absolute atomic E-state index is 9.95. The van der Waals surface area contributed by atoms with Gasteiger partial charge in [-0.3, -0.25) is 0 Å². The van der Waals surface area contributed by atoms with E-state index in [2.05, 4.69) is 0 Å². The van der Waals surface area contributed by atoms with Gasteiger partial charge in [-0.1, -0.05) is 0 Å². The van der Waals surface area contributed by atoms with Gasteiger partial charge in [-0.2, -0.15) is 0 Å². The van der Waals surface area contributed by atoms with Gasteiger partial charge in [-0.05, 0) is 0 Å². The van der Waals surface area contributed by atoms with Gasteiger partial charge in [-0.25, -0.2) is 0 Å². The molecule has 0 aromatic rings. The van der Waals surface area contributed by atoms with Crippen molar-refractivity contribution in [3.63, 3.8) is 0 Å². The van der Waals surface area contributed by atoms with Crippen LogP contribution in [-0.4, -0.2) is 77.1 Å². The van der Waals surface area contributed by atoms with Crippen LogP contribution in [0.2, 0.25) is 0 Å². The fourth-order valence-corrected chi connectivity index (χ4v) is 2.13. The van der Waals surface area contributed by atoms with Crippen molar-refractivity contribution >= 4 is 0 Å². The van der Waals surface area contributed by atoms with E-state index >= 15 is 0 Å². The van der Waals surface area contributed by atoms with Crippen LogP contribution in [0.3, 0.4) is 0 Å². The van der Waals surface area contributed by atoms with E-state index in [1.165, 1.54) is 7.11 Å². The lowest BCUT2D eigenvalue weighted by Gasteiger charge is -2.47. The summed E-state index contributed by atoms with van der Waals surface area (Å²) >= 11 is 0. The van der Waals surface area contributed by atoms with E-state index in [0.717, 1.165) is 0 Å². The average Bonchev–Trinajstić information content (AvgIpc) is 3.14. The highest BCUT2D eigenvalue weighted by atomic mass is 16.7. The van der Waals surface area contributed by atoms with Gasteiger partial charge in [0.15, 0.2) is 5.79 Å². The van der Waals surface area contributed by atoms with Gasteiger partial charge in [-0.15, -0.1) is 0 Å². The van der Waals surface area contributed by atoms with Crippen molar-refractivity contribution in [3.05, 3.63) is 0 Å². The first-order valence-electron chi connectivity index (χ1n) is 5.53. The standard InChI is InChI=1S/C10H18O7/c1-15-10(2-5-4-16-5)9(14)8(13)7(12)6(3-11)17-10/h5-9,11-14H,2-4H2,1H3/t5?,6-,7-,8+,9-,10?/m1/s1. The van der Waals surface area contributed by atoms with Gasteiger partial charge in [0.2, 0.25) is 0 Å². The van der Waals surface area contributed by atoms with Crippen molar-refractivity contribution in [2.24, 2.45) is 0 Å². The van der Waals surface area contributed by atoms with Crippen LogP contribution in [0.5, 0.6) is 0 Å². The Labute approximate surface area is 98.5 Å². The van der Waals surface area contributed by atoms with Gasteiger partial charge >= 0.3 is 0 Å². The van der Waals surface area contributed by atoms with E-state index in [1.807, 2.05) is 0 Å². The van der Waals surface area contributed by atoms with E-state index in [-0.39, 0.29) is 12.5 Å². The molecule has 17 heavy (non-hydrogen) atoms. The first-order chi connectivity index (χ1) is 8.04. The number of hydrogen-bond donors (Lipinski definition) is 4.